The molecular weight excluding hydrogens is 326 g/mol. The number of benzene rings is 1. The van der Waals surface area contributed by atoms with Crippen LogP contribution < -0.4 is 11.1 Å². The van der Waals surface area contributed by atoms with Gasteiger partial charge < -0.3 is 5.32 Å². The van der Waals surface area contributed by atoms with E-state index in [0.717, 1.165) is 16.9 Å². The van der Waals surface area contributed by atoms with Gasteiger partial charge in [0.2, 0.25) is 5.91 Å². The van der Waals surface area contributed by atoms with Crippen LogP contribution in [0.1, 0.15) is 16.7 Å². The number of carbonyl (C=O) groups is 1. The molecule has 0 aliphatic rings. The third-order valence-electron chi connectivity index (χ3n) is 3.55. The van der Waals surface area contributed by atoms with Gasteiger partial charge in [-0.1, -0.05) is 42.4 Å². The first-order valence-corrected chi connectivity index (χ1v) is 8.45. The van der Waals surface area contributed by atoms with Crippen molar-refractivity contribution in [3.8, 4) is 11.4 Å². The molecule has 2 heterocycles. The molecule has 3 aromatic rings. The molecule has 2 aromatic heterocycles. The molecule has 1 aromatic carbocycles. The molecular formula is C17H17N3O3S. The first-order chi connectivity index (χ1) is 11.7. The number of carbonyl (C=O) groups excluding carboxylic acids is 1. The molecule has 6 nitrogen and oxygen atoms in total. The number of hydrogen-bond acceptors (Lipinski definition) is 5. The van der Waals surface area contributed by atoms with Crippen LogP contribution in [0.4, 0.5) is 0 Å². The predicted octanol–water partition coefficient (Wildman–Crippen LogP) is 2.44. The highest BCUT2D eigenvalue weighted by molar-refractivity contribution is 7.11. The van der Waals surface area contributed by atoms with Crippen molar-refractivity contribution in [3.63, 3.8) is 0 Å². The van der Waals surface area contributed by atoms with Crippen molar-refractivity contribution >= 4 is 17.2 Å². The molecule has 0 radical (unpaired) electrons. The quantitative estimate of drug-likeness (QED) is 0.746. The standard InChI is InChI=1S/C17H17N3O3S/c1-2-13-8-9-14(24-13)10-18-15(21)11-20-16(19-23-17(20)22)12-6-4-3-5-7-12/h3-9H,2,10-11H2,1H3,(H,18,21). The lowest BCUT2D eigenvalue weighted by Crippen LogP contribution is -2.30. The average Bonchev–Trinajstić information content (AvgIpc) is 3.21. The Balaban J connectivity index is 1.68. The van der Waals surface area contributed by atoms with Crippen LogP contribution >= 0.6 is 11.3 Å². The van der Waals surface area contributed by atoms with Gasteiger partial charge in [-0.2, -0.15) is 0 Å². The van der Waals surface area contributed by atoms with Crippen LogP contribution in [0.25, 0.3) is 11.4 Å². The van der Waals surface area contributed by atoms with Crippen LogP contribution in [-0.4, -0.2) is 15.6 Å². The highest BCUT2D eigenvalue weighted by Gasteiger charge is 2.15. The van der Waals surface area contributed by atoms with Crippen LogP contribution in [0.2, 0.25) is 0 Å². The van der Waals surface area contributed by atoms with Crippen LogP contribution in [0.5, 0.6) is 0 Å². The van der Waals surface area contributed by atoms with E-state index in [-0.39, 0.29) is 12.5 Å². The fourth-order valence-corrected chi connectivity index (χ4v) is 3.19. The van der Waals surface area contributed by atoms with Crippen molar-refractivity contribution in [3.05, 3.63) is 62.8 Å². The number of nitrogens with zero attached hydrogens (tertiary/aromatic N) is 2. The van der Waals surface area contributed by atoms with Gasteiger partial charge in [-0.3, -0.25) is 9.32 Å². The minimum Gasteiger partial charge on any atom is -0.350 e. The smallest absolute Gasteiger partial charge is 0.350 e. The Morgan fingerprint density at radius 2 is 1.96 bits per heavy atom. The van der Waals surface area contributed by atoms with Crippen LogP contribution in [-0.2, 0) is 24.3 Å². The zero-order valence-corrected chi connectivity index (χ0v) is 14.0. The van der Waals surface area contributed by atoms with E-state index in [1.165, 1.54) is 9.44 Å². The van der Waals surface area contributed by atoms with Gasteiger partial charge in [0.1, 0.15) is 6.54 Å². The molecule has 0 bridgehead atoms. The van der Waals surface area contributed by atoms with Gasteiger partial charge in [0.15, 0.2) is 5.82 Å². The Bertz CT molecular complexity index is 880. The predicted molar refractivity (Wildman–Crippen MR) is 91.7 cm³/mol. The van der Waals surface area contributed by atoms with Gasteiger partial charge in [-0.15, -0.1) is 11.3 Å². The Kier molecular flexibility index (Phi) is 4.90. The fraction of sp³-hybridized carbons (Fsp3) is 0.235. The monoisotopic (exact) mass is 343 g/mol. The molecule has 0 spiro atoms. The van der Waals surface area contributed by atoms with Gasteiger partial charge in [0.25, 0.3) is 0 Å². The zero-order valence-electron chi connectivity index (χ0n) is 13.2. The van der Waals surface area contributed by atoms with E-state index in [1.807, 2.05) is 36.4 Å². The second kappa shape index (κ2) is 7.27. The SMILES string of the molecule is CCc1ccc(CNC(=O)Cn2c(-c3ccccc3)noc2=O)s1. The summed E-state index contributed by atoms with van der Waals surface area (Å²) in [6.07, 6.45) is 0.981. The molecule has 1 N–H and O–H groups in total. The van der Waals surface area contributed by atoms with Crippen molar-refractivity contribution in [1.29, 1.82) is 0 Å². The number of hydrogen-bond donors (Lipinski definition) is 1. The average molecular weight is 343 g/mol. The molecule has 3 rings (SSSR count). The number of rotatable bonds is 6. The number of aromatic nitrogens is 2. The molecule has 0 fully saturated rings. The summed E-state index contributed by atoms with van der Waals surface area (Å²) < 4.78 is 5.94. The Morgan fingerprint density at radius 1 is 1.21 bits per heavy atom. The Morgan fingerprint density at radius 3 is 2.67 bits per heavy atom. The summed E-state index contributed by atoms with van der Waals surface area (Å²) in [5, 5.41) is 6.59. The maximum absolute atomic E-state index is 12.2. The van der Waals surface area contributed by atoms with Crippen LogP contribution in [0.15, 0.2) is 51.8 Å². The van der Waals surface area contributed by atoms with E-state index in [9.17, 15) is 9.59 Å². The Labute approximate surface area is 142 Å². The maximum atomic E-state index is 12.2. The van der Waals surface area contributed by atoms with Crippen molar-refractivity contribution < 1.29 is 9.32 Å². The Hall–Kier alpha value is -2.67. The minimum atomic E-state index is -0.645. The molecule has 0 saturated heterocycles. The highest BCUT2D eigenvalue weighted by atomic mass is 32.1. The molecule has 0 aliphatic heterocycles. The van der Waals surface area contributed by atoms with Gasteiger partial charge >= 0.3 is 5.76 Å². The summed E-state index contributed by atoms with van der Waals surface area (Å²) in [6.45, 7) is 2.42. The van der Waals surface area contributed by atoms with E-state index in [0.29, 0.717) is 12.4 Å². The van der Waals surface area contributed by atoms with E-state index in [2.05, 4.69) is 23.5 Å². The van der Waals surface area contributed by atoms with Gasteiger partial charge in [-0.05, 0) is 18.6 Å². The summed E-state index contributed by atoms with van der Waals surface area (Å²) in [7, 11) is 0. The number of amides is 1. The summed E-state index contributed by atoms with van der Waals surface area (Å²) in [6, 6.07) is 13.2. The number of nitrogens with one attached hydrogen (secondary N) is 1. The first-order valence-electron chi connectivity index (χ1n) is 7.63. The maximum Gasteiger partial charge on any atom is 0.442 e. The van der Waals surface area contributed by atoms with E-state index < -0.39 is 5.76 Å². The van der Waals surface area contributed by atoms with E-state index >= 15 is 0 Å². The summed E-state index contributed by atoms with van der Waals surface area (Å²) >= 11 is 1.67. The van der Waals surface area contributed by atoms with Crippen molar-refractivity contribution in [2.24, 2.45) is 0 Å². The van der Waals surface area contributed by atoms with Gasteiger partial charge in [0.05, 0.1) is 6.54 Å². The van der Waals surface area contributed by atoms with Gasteiger partial charge in [0, 0.05) is 15.3 Å². The molecule has 24 heavy (non-hydrogen) atoms. The summed E-state index contributed by atoms with van der Waals surface area (Å²) in [5.41, 5.74) is 0.724. The van der Waals surface area contributed by atoms with E-state index in [4.69, 9.17) is 4.52 Å². The molecule has 1 amide bonds. The summed E-state index contributed by atoms with van der Waals surface area (Å²) in [5.74, 6) is -0.558. The third-order valence-corrected chi connectivity index (χ3v) is 4.78. The first kappa shape index (κ1) is 16.2. The minimum absolute atomic E-state index is 0.126. The van der Waals surface area contributed by atoms with E-state index in [1.54, 1.807) is 11.3 Å². The fourth-order valence-electron chi connectivity index (χ4n) is 2.30. The molecule has 7 heteroatoms. The van der Waals surface area contributed by atoms with Crippen molar-refractivity contribution in [2.45, 2.75) is 26.4 Å². The lowest BCUT2D eigenvalue weighted by atomic mass is 10.2. The van der Waals surface area contributed by atoms with Crippen molar-refractivity contribution in [1.82, 2.24) is 15.0 Å². The lowest BCUT2D eigenvalue weighted by Gasteiger charge is -2.05. The number of thiophene rings is 1. The second-order valence-corrected chi connectivity index (χ2v) is 6.48. The van der Waals surface area contributed by atoms with Crippen molar-refractivity contribution in [2.75, 3.05) is 0 Å². The van der Waals surface area contributed by atoms with Gasteiger partial charge in [-0.25, -0.2) is 9.36 Å². The second-order valence-electron chi connectivity index (χ2n) is 5.22. The molecule has 0 aliphatic carbocycles. The topological polar surface area (TPSA) is 77.1 Å². The molecule has 0 unspecified atom stereocenters. The van der Waals surface area contributed by atoms with Crippen LogP contribution in [0.3, 0.4) is 0 Å². The molecule has 0 atom stereocenters. The van der Waals surface area contributed by atoms with Crippen LogP contribution in [0, 0.1) is 0 Å². The highest BCUT2D eigenvalue weighted by Crippen LogP contribution is 2.17. The normalized spacial score (nSPS) is 10.7. The summed E-state index contributed by atoms with van der Waals surface area (Å²) in [4.78, 5) is 26.3. The lowest BCUT2D eigenvalue weighted by molar-refractivity contribution is -0.121. The zero-order chi connectivity index (χ0) is 16.9. The third kappa shape index (κ3) is 3.62. The largest absolute Gasteiger partial charge is 0.442 e. The number of aryl methyl sites for hydroxylation is 1. The molecule has 0 saturated carbocycles. The molecule has 124 valence electrons.